The molecule has 0 aliphatic carbocycles. The molecule has 2 heterocycles. The number of benzene rings is 1. The fourth-order valence-corrected chi connectivity index (χ4v) is 4.64. The molecule has 24 heavy (non-hydrogen) atoms. The maximum atomic E-state index is 12.5. The van der Waals surface area contributed by atoms with E-state index in [1.807, 2.05) is 30.3 Å². The Morgan fingerprint density at radius 1 is 1.33 bits per heavy atom. The minimum absolute atomic E-state index is 0.0763. The number of primary sulfonamides is 1. The lowest BCUT2D eigenvalue weighted by molar-refractivity contribution is 0.0783. The first-order valence-corrected chi connectivity index (χ1v) is 10.3. The molecule has 1 aliphatic heterocycles. The Labute approximate surface area is 145 Å². The molecule has 1 aromatic heterocycles. The van der Waals surface area contributed by atoms with Crippen LogP contribution in [0.4, 0.5) is 0 Å². The van der Waals surface area contributed by atoms with E-state index in [9.17, 15) is 13.2 Å². The van der Waals surface area contributed by atoms with Crippen molar-refractivity contribution in [3.05, 3.63) is 52.0 Å². The van der Waals surface area contributed by atoms with Crippen LogP contribution in [0.5, 0.6) is 0 Å². The van der Waals surface area contributed by atoms with Gasteiger partial charge in [-0.05, 0) is 17.9 Å². The van der Waals surface area contributed by atoms with Crippen LogP contribution in [0.15, 0.2) is 35.7 Å². The minimum atomic E-state index is -3.50. The predicted octanol–water partition coefficient (Wildman–Crippen LogP) is 1.48. The lowest BCUT2D eigenvalue weighted by atomic mass is 10.2. The summed E-state index contributed by atoms with van der Waals surface area (Å²) in [5, 5.41) is 7.75. The summed E-state index contributed by atoms with van der Waals surface area (Å²) in [6.45, 7) is 0.964. The van der Waals surface area contributed by atoms with Gasteiger partial charge in [0.25, 0.3) is 5.91 Å². The van der Waals surface area contributed by atoms with Crippen molar-refractivity contribution in [3.8, 4) is 0 Å². The Morgan fingerprint density at radius 3 is 2.79 bits per heavy atom. The predicted molar refractivity (Wildman–Crippen MR) is 93.3 cm³/mol. The third-order valence-electron chi connectivity index (χ3n) is 4.01. The molecule has 1 atom stereocenters. The summed E-state index contributed by atoms with van der Waals surface area (Å²) in [4.78, 5) is 18.6. The molecule has 8 heteroatoms. The number of likely N-dealkylation sites (tertiary alicyclic amines) is 1. The quantitative estimate of drug-likeness (QED) is 0.868. The zero-order chi connectivity index (χ0) is 17.2. The van der Waals surface area contributed by atoms with Gasteiger partial charge in [0.15, 0.2) is 0 Å². The summed E-state index contributed by atoms with van der Waals surface area (Å²) in [6.07, 6.45) is 1.36. The number of thiazole rings is 1. The first-order valence-electron chi connectivity index (χ1n) is 7.69. The van der Waals surface area contributed by atoms with Crippen LogP contribution < -0.4 is 5.14 Å². The minimum Gasteiger partial charge on any atom is -0.337 e. The molecule has 2 aromatic rings. The number of sulfonamides is 1. The summed E-state index contributed by atoms with van der Waals surface area (Å²) >= 11 is 1.47. The van der Waals surface area contributed by atoms with Gasteiger partial charge in [0.1, 0.15) is 5.69 Å². The molecule has 0 saturated carbocycles. The fraction of sp³-hybridized carbons (Fsp3) is 0.375. The van der Waals surface area contributed by atoms with Crippen molar-refractivity contribution < 1.29 is 13.2 Å². The SMILES string of the molecule is NS(=O)(=O)CC1CCN(C(=O)c2csc(Cc3ccccc3)n2)C1. The third kappa shape index (κ3) is 4.40. The average Bonchev–Trinajstić information content (AvgIpc) is 3.16. The van der Waals surface area contributed by atoms with Crippen molar-refractivity contribution in [3.63, 3.8) is 0 Å². The number of rotatable bonds is 5. The monoisotopic (exact) mass is 365 g/mol. The van der Waals surface area contributed by atoms with E-state index < -0.39 is 10.0 Å². The van der Waals surface area contributed by atoms with Gasteiger partial charge in [-0.15, -0.1) is 11.3 Å². The van der Waals surface area contributed by atoms with Gasteiger partial charge in [-0.25, -0.2) is 18.5 Å². The van der Waals surface area contributed by atoms with Crippen LogP contribution in [-0.2, 0) is 16.4 Å². The molecule has 2 N–H and O–H groups in total. The van der Waals surface area contributed by atoms with Crippen LogP contribution >= 0.6 is 11.3 Å². The first-order chi connectivity index (χ1) is 11.4. The summed E-state index contributed by atoms with van der Waals surface area (Å²) in [7, 11) is -3.50. The van der Waals surface area contributed by atoms with E-state index in [4.69, 9.17) is 5.14 Å². The second-order valence-corrected chi connectivity index (χ2v) is 8.63. The second-order valence-electron chi connectivity index (χ2n) is 6.02. The lowest BCUT2D eigenvalue weighted by Gasteiger charge is -2.14. The molecule has 0 radical (unpaired) electrons. The highest BCUT2D eigenvalue weighted by Gasteiger charge is 2.30. The average molecular weight is 365 g/mol. The van der Waals surface area contributed by atoms with Crippen LogP contribution in [0.2, 0.25) is 0 Å². The number of hydrogen-bond acceptors (Lipinski definition) is 5. The number of aromatic nitrogens is 1. The van der Waals surface area contributed by atoms with E-state index in [-0.39, 0.29) is 17.6 Å². The molecule has 1 amide bonds. The maximum absolute atomic E-state index is 12.5. The van der Waals surface area contributed by atoms with E-state index in [0.717, 1.165) is 10.6 Å². The van der Waals surface area contributed by atoms with Gasteiger partial charge in [0.05, 0.1) is 10.8 Å². The summed E-state index contributed by atoms with van der Waals surface area (Å²) in [6, 6.07) is 9.98. The third-order valence-corrected chi connectivity index (χ3v) is 5.79. The molecule has 0 bridgehead atoms. The van der Waals surface area contributed by atoms with E-state index in [2.05, 4.69) is 4.98 Å². The standard InChI is InChI=1S/C16H19N3O3S2/c17-24(21,22)11-13-6-7-19(9-13)16(20)14-10-23-15(18-14)8-12-4-2-1-3-5-12/h1-5,10,13H,6-9,11H2,(H2,17,21,22). The van der Waals surface area contributed by atoms with Crippen molar-refractivity contribution in [1.29, 1.82) is 0 Å². The molecule has 6 nitrogen and oxygen atoms in total. The van der Waals surface area contributed by atoms with E-state index in [1.165, 1.54) is 11.3 Å². The molecule has 1 saturated heterocycles. The van der Waals surface area contributed by atoms with Crippen molar-refractivity contribution in [2.75, 3.05) is 18.8 Å². The van der Waals surface area contributed by atoms with Crippen LogP contribution in [0.1, 0.15) is 27.5 Å². The zero-order valence-corrected chi connectivity index (χ0v) is 14.7. The number of hydrogen-bond donors (Lipinski definition) is 1. The second kappa shape index (κ2) is 7.00. The molecule has 3 rings (SSSR count). The highest BCUT2D eigenvalue weighted by atomic mass is 32.2. The van der Waals surface area contributed by atoms with Gasteiger partial charge in [0.2, 0.25) is 10.0 Å². The zero-order valence-electron chi connectivity index (χ0n) is 13.1. The molecular formula is C16H19N3O3S2. The summed E-state index contributed by atoms with van der Waals surface area (Å²) in [5.74, 6) is -0.304. The number of carbonyl (C=O) groups is 1. The molecule has 128 valence electrons. The Balaban J connectivity index is 1.62. The van der Waals surface area contributed by atoms with E-state index in [0.29, 0.717) is 31.6 Å². The van der Waals surface area contributed by atoms with E-state index >= 15 is 0 Å². The van der Waals surface area contributed by atoms with Crippen LogP contribution in [-0.4, -0.2) is 43.1 Å². The molecule has 0 spiro atoms. The number of amides is 1. The molecule has 1 aromatic carbocycles. The first kappa shape index (κ1) is 17.1. The molecule has 1 unspecified atom stereocenters. The lowest BCUT2D eigenvalue weighted by Crippen LogP contribution is -2.31. The topological polar surface area (TPSA) is 93.4 Å². The number of carbonyl (C=O) groups excluding carboxylic acids is 1. The fourth-order valence-electron chi connectivity index (χ4n) is 2.90. The maximum Gasteiger partial charge on any atom is 0.273 e. The highest BCUT2D eigenvalue weighted by Crippen LogP contribution is 2.21. The highest BCUT2D eigenvalue weighted by molar-refractivity contribution is 7.89. The van der Waals surface area contributed by atoms with Crippen molar-refractivity contribution in [1.82, 2.24) is 9.88 Å². The largest absolute Gasteiger partial charge is 0.337 e. The summed E-state index contributed by atoms with van der Waals surface area (Å²) in [5.41, 5.74) is 1.59. The van der Waals surface area contributed by atoms with Gasteiger partial charge in [0, 0.05) is 24.9 Å². The van der Waals surface area contributed by atoms with Gasteiger partial charge >= 0.3 is 0 Å². The molecule has 1 fully saturated rings. The van der Waals surface area contributed by atoms with Crippen molar-refractivity contribution in [2.24, 2.45) is 11.1 Å². The van der Waals surface area contributed by atoms with Gasteiger partial charge in [-0.2, -0.15) is 0 Å². The smallest absolute Gasteiger partial charge is 0.273 e. The summed E-state index contributed by atoms with van der Waals surface area (Å²) < 4.78 is 22.3. The normalized spacial score (nSPS) is 18.0. The molecular weight excluding hydrogens is 346 g/mol. The van der Waals surface area contributed by atoms with Crippen molar-refractivity contribution >= 4 is 27.3 Å². The Bertz CT molecular complexity index is 818. The Kier molecular flexibility index (Phi) is 4.98. The number of nitrogens with two attached hydrogens (primary N) is 1. The van der Waals surface area contributed by atoms with E-state index in [1.54, 1.807) is 10.3 Å². The van der Waals surface area contributed by atoms with Crippen LogP contribution in [0.3, 0.4) is 0 Å². The van der Waals surface area contributed by atoms with Crippen LogP contribution in [0.25, 0.3) is 0 Å². The van der Waals surface area contributed by atoms with Gasteiger partial charge < -0.3 is 4.90 Å². The van der Waals surface area contributed by atoms with Gasteiger partial charge in [-0.1, -0.05) is 30.3 Å². The van der Waals surface area contributed by atoms with Gasteiger partial charge in [-0.3, -0.25) is 4.79 Å². The number of nitrogens with zero attached hydrogens (tertiary/aromatic N) is 2. The molecule has 1 aliphatic rings. The van der Waals surface area contributed by atoms with Crippen molar-refractivity contribution in [2.45, 2.75) is 12.8 Å². The van der Waals surface area contributed by atoms with Crippen LogP contribution in [0, 0.1) is 5.92 Å². The Morgan fingerprint density at radius 2 is 2.08 bits per heavy atom. The Hall–Kier alpha value is -1.77.